The van der Waals surface area contributed by atoms with Gasteiger partial charge in [0.2, 0.25) is 5.91 Å². The van der Waals surface area contributed by atoms with E-state index in [0.717, 1.165) is 0 Å². The molecule has 6 heteroatoms. The molecule has 0 spiro atoms. The summed E-state index contributed by atoms with van der Waals surface area (Å²) in [4.78, 5) is 24.7. The second-order valence-corrected chi connectivity index (χ2v) is 5.13. The molecule has 0 saturated carbocycles. The highest BCUT2D eigenvalue weighted by Gasteiger charge is 2.36. The molecule has 1 fully saturated rings. The normalized spacial score (nSPS) is 19.5. The molecule has 1 heterocycles. The van der Waals surface area contributed by atoms with Crippen LogP contribution in [0.25, 0.3) is 0 Å². The van der Waals surface area contributed by atoms with E-state index in [2.05, 4.69) is 6.58 Å². The highest BCUT2D eigenvalue weighted by Crippen LogP contribution is 2.27. The van der Waals surface area contributed by atoms with Crippen LogP contribution < -0.4 is 0 Å². The lowest BCUT2D eigenvalue weighted by atomic mass is 10.0. The summed E-state index contributed by atoms with van der Waals surface area (Å²) in [7, 11) is 0. The van der Waals surface area contributed by atoms with Crippen molar-refractivity contribution in [1.82, 2.24) is 4.90 Å². The number of phenols is 2. The Morgan fingerprint density at radius 1 is 1.43 bits per heavy atom. The molecule has 2 atom stereocenters. The van der Waals surface area contributed by atoms with Gasteiger partial charge in [-0.1, -0.05) is 12.1 Å². The smallest absolute Gasteiger partial charge is 0.326 e. The number of amides is 1. The van der Waals surface area contributed by atoms with E-state index in [0.29, 0.717) is 12.1 Å². The van der Waals surface area contributed by atoms with E-state index in [-0.39, 0.29) is 36.2 Å². The molecule has 1 aliphatic heterocycles. The quantitative estimate of drug-likeness (QED) is 0.558. The number of aliphatic carboxylic acids is 1. The van der Waals surface area contributed by atoms with E-state index in [1.165, 1.54) is 23.1 Å². The first-order valence-electron chi connectivity index (χ1n) is 6.58. The molecule has 0 bridgehead atoms. The Morgan fingerprint density at radius 2 is 2.14 bits per heavy atom. The molecule has 1 unspecified atom stereocenters. The number of carbonyl (C=O) groups excluding carboxylic acids is 1. The summed E-state index contributed by atoms with van der Waals surface area (Å²) in [6, 6.07) is 3.13. The van der Waals surface area contributed by atoms with Crippen molar-refractivity contribution in [3.8, 4) is 11.5 Å². The number of nitrogens with zero attached hydrogens (tertiary/aromatic N) is 1. The minimum absolute atomic E-state index is 0.0347. The molecule has 1 aromatic carbocycles. The van der Waals surface area contributed by atoms with Crippen LogP contribution in [-0.4, -0.2) is 44.7 Å². The number of carbonyl (C=O) groups is 2. The third-order valence-corrected chi connectivity index (χ3v) is 3.65. The van der Waals surface area contributed by atoms with Gasteiger partial charge in [0.05, 0.1) is 0 Å². The van der Waals surface area contributed by atoms with Crippen LogP contribution in [0, 0.1) is 5.92 Å². The van der Waals surface area contributed by atoms with Gasteiger partial charge in [-0.2, -0.15) is 0 Å². The molecule has 21 heavy (non-hydrogen) atoms. The first-order valence-corrected chi connectivity index (χ1v) is 6.58. The van der Waals surface area contributed by atoms with Crippen molar-refractivity contribution in [1.29, 1.82) is 0 Å². The van der Waals surface area contributed by atoms with E-state index in [9.17, 15) is 24.9 Å². The van der Waals surface area contributed by atoms with Crippen molar-refractivity contribution in [3.63, 3.8) is 0 Å². The third-order valence-electron chi connectivity index (χ3n) is 3.65. The Hall–Kier alpha value is -2.50. The van der Waals surface area contributed by atoms with E-state index in [1.54, 1.807) is 6.08 Å². The molecule has 1 aliphatic rings. The van der Waals surface area contributed by atoms with Crippen molar-refractivity contribution >= 4 is 11.9 Å². The minimum atomic E-state index is -1.10. The lowest BCUT2D eigenvalue weighted by Crippen LogP contribution is -2.43. The van der Waals surface area contributed by atoms with Crippen molar-refractivity contribution in [2.45, 2.75) is 18.9 Å². The van der Waals surface area contributed by atoms with Crippen LogP contribution in [0.15, 0.2) is 30.9 Å². The summed E-state index contributed by atoms with van der Waals surface area (Å²) in [6.07, 6.45) is 2.00. The van der Waals surface area contributed by atoms with E-state index < -0.39 is 12.0 Å². The maximum Gasteiger partial charge on any atom is 0.326 e. The molecule has 1 aromatic rings. The van der Waals surface area contributed by atoms with Crippen molar-refractivity contribution in [2.75, 3.05) is 6.54 Å². The molecule has 2 rings (SSSR count). The van der Waals surface area contributed by atoms with Crippen LogP contribution in [0.4, 0.5) is 0 Å². The number of hydrogen-bond acceptors (Lipinski definition) is 4. The van der Waals surface area contributed by atoms with Gasteiger partial charge in [0.1, 0.15) is 6.04 Å². The van der Waals surface area contributed by atoms with E-state index in [4.69, 9.17) is 0 Å². The summed E-state index contributed by atoms with van der Waals surface area (Å²) in [5.41, 5.74) is 0.535. The first-order chi connectivity index (χ1) is 9.92. The number of carboxylic acid groups (broad SMARTS) is 1. The van der Waals surface area contributed by atoms with Crippen LogP contribution in [0.5, 0.6) is 11.5 Å². The molecule has 112 valence electrons. The topological polar surface area (TPSA) is 98.1 Å². The molecule has 1 amide bonds. The van der Waals surface area contributed by atoms with E-state index >= 15 is 0 Å². The zero-order chi connectivity index (χ0) is 15.6. The number of aromatic hydroxyl groups is 2. The summed E-state index contributed by atoms with van der Waals surface area (Å²) in [5, 5.41) is 28.1. The van der Waals surface area contributed by atoms with Gasteiger partial charge in [-0.15, -0.1) is 6.58 Å². The van der Waals surface area contributed by atoms with Gasteiger partial charge in [0.15, 0.2) is 11.5 Å². The molecule has 0 radical (unpaired) electrons. The fraction of sp³-hybridized carbons (Fsp3) is 0.333. The van der Waals surface area contributed by atoms with Gasteiger partial charge < -0.3 is 20.2 Å². The second-order valence-electron chi connectivity index (χ2n) is 5.13. The predicted octanol–water partition coefficient (Wildman–Crippen LogP) is 1.13. The molecule has 1 saturated heterocycles. The zero-order valence-electron chi connectivity index (χ0n) is 11.4. The average molecular weight is 291 g/mol. The summed E-state index contributed by atoms with van der Waals surface area (Å²) in [6.45, 7) is 3.97. The minimum Gasteiger partial charge on any atom is -0.504 e. The van der Waals surface area contributed by atoms with E-state index in [1.807, 2.05) is 0 Å². The zero-order valence-corrected chi connectivity index (χ0v) is 11.4. The number of rotatable bonds is 5. The average Bonchev–Trinajstić information content (AvgIpc) is 2.80. The Kier molecular flexibility index (Phi) is 4.16. The maximum absolute atomic E-state index is 11.9. The molecular weight excluding hydrogens is 274 g/mol. The Balaban J connectivity index is 2.20. The maximum atomic E-state index is 11.9. The van der Waals surface area contributed by atoms with Crippen molar-refractivity contribution < 1.29 is 24.9 Å². The fourth-order valence-corrected chi connectivity index (χ4v) is 2.47. The largest absolute Gasteiger partial charge is 0.504 e. The van der Waals surface area contributed by atoms with Crippen LogP contribution >= 0.6 is 0 Å². The summed E-state index contributed by atoms with van der Waals surface area (Å²) >= 11 is 0. The van der Waals surface area contributed by atoms with Crippen LogP contribution in [0.1, 0.15) is 12.0 Å². The number of benzene rings is 1. The van der Waals surface area contributed by atoms with Crippen LogP contribution in [-0.2, 0) is 16.0 Å². The Labute approximate surface area is 121 Å². The Bertz CT molecular complexity index is 583. The predicted molar refractivity (Wildman–Crippen MR) is 74.9 cm³/mol. The third kappa shape index (κ3) is 3.16. The van der Waals surface area contributed by atoms with Gasteiger partial charge in [-0.05, 0) is 17.7 Å². The SMILES string of the molecule is C=CC1CC(=O)N([C@@H](Cc2ccc(O)c(O)c2)C(=O)O)C1. The molecule has 0 aromatic heterocycles. The number of likely N-dealkylation sites (tertiary alicyclic amines) is 1. The van der Waals surface area contributed by atoms with Gasteiger partial charge >= 0.3 is 5.97 Å². The summed E-state index contributed by atoms with van der Waals surface area (Å²) in [5.74, 6) is -1.92. The molecule has 3 N–H and O–H groups in total. The lowest BCUT2D eigenvalue weighted by Gasteiger charge is -2.24. The van der Waals surface area contributed by atoms with Gasteiger partial charge in [-0.25, -0.2) is 4.79 Å². The number of hydrogen-bond donors (Lipinski definition) is 3. The summed E-state index contributed by atoms with van der Waals surface area (Å²) < 4.78 is 0. The van der Waals surface area contributed by atoms with Crippen molar-refractivity contribution in [3.05, 3.63) is 36.4 Å². The standard InChI is InChI=1S/C15H17NO5/c1-2-9-7-14(19)16(8-9)11(15(20)21)5-10-3-4-12(17)13(18)6-10/h2-4,6,9,11,17-18H,1,5,7-8H2,(H,20,21)/t9?,11-/m0/s1. The highest BCUT2D eigenvalue weighted by atomic mass is 16.4. The van der Waals surface area contributed by atoms with Gasteiger partial charge in [-0.3, -0.25) is 4.79 Å². The second kappa shape index (κ2) is 5.87. The van der Waals surface area contributed by atoms with Gasteiger partial charge in [0.25, 0.3) is 0 Å². The monoisotopic (exact) mass is 291 g/mol. The number of carboxylic acids is 1. The lowest BCUT2D eigenvalue weighted by molar-refractivity contribution is -0.148. The van der Waals surface area contributed by atoms with Crippen molar-refractivity contribution in [2.24, 2.45) is 5.92 Å². The Morgan fingerprint density at radius 3 is 2.67 bits per heavy atom. The van der Waals surface area contributed by atoms with Crippen LogP contribution in [0.2, 0.25) is 0 Å². The van der Waals surface area contributed by atoms with Gasteiger partial charge in [0, 0.05) is 25.3 Å². The highest BCUT2D eigenvalue weighted by molar-refractivity contribution is 5.85. The first kappa shape index (κ1) is 14.9. The number of phenolic OH excluding ortho intramolecular Hbond substituents is 2. The molecule has 0 aliphatic carbocycles. The molecule has 6 nitrogen and oxygen atoms in total. The fourth-order valence-electron chi connectivity index (χ4n) is 2.47. The van der Waals surface area contributed by atoms with Crippen LogP contribution in [0.3, 0.4) is 0 Å². The molecular formula is C15H17NO5.